The minimum Gasteiger partial charge on any atom is -0.298 e. The number of Topliss-reactive ketones (excluding diaryl/α,β-unsaturated/α-hetero) is 1. The molecule has 0 heterocycles. The van der Waals surface area contributed by atoms with Gasteiger partial charge in [-0.1, -0.05) is 54.4 Å². The zero-order valence-corrected chi connectivity index (χ0v) is 13.4. The molecule has 0 atom stereocenters. The SMILES string of the molecule is CC(C)(C)SCC(=O)Cc1ccc(Br)cc1Cl. The van der Waals surface area contributed by atoms with E-state index in [1.165, 1.54) is 0 Å². The van der Waals surface area contributed by atoms with Crippen LogP contribution in [0.1, 0.15) is 26.3 Å². The van der Waals surface area contributed by atoms with Crippen LogP contribution in [0.5, 0.6) is 0 Å². The molecule has 0 aliphatic rings. The third kappa shape index (κ3) is 5.94. The van der Waals surface area contributed by atoms with Crippen LogP contribution < -0.4 is 0 Å². The number of hydrogen-bond donors (Lipinski definition) is 0. The summed E-state index contributed by atoms with van der Waals surface area (Å²) in [6.45, 7) is 6.33. The van der Waals surface area contributed by atoms with Crippen molar-refractivity contribution in [3.05, 3.63) is 33.3 Å². The number of carbonyl (C=O) groups excluding carboxylic acids is 1. The van der Waals surface area contributed by atoms with Crippen LogP contribution in [0.4, 0.5) is 0 Å². The van der Waals surface area contributed by atoms with Crippen molar-refractivity contribution in [1.82, 2.24) is 0 Å². The summed E-state index contributed by atoms with van der Waals surface area (Å²) in [6.07, 6.45) is 0.412. The fraction of sp³-hybridized carbons (Fsp3) is 0.462. The first-order valence-electron chi connectivity index (χ1n) is 5.37. The van der Waals surface area contributed by atoms with Crippen molar-refractivity contribution in [2.45, 2.75) is 31.9 Å². The first kappa shape index (κ1) is 15.1. The van der Waals surface area contributed by atoms with Gasteiger partial charge in [0.1, 0.15) is 5.78 Å². The zero-order chi connectivity index (χ0) is 13.1. The van der Waals surface area contributed by atoms with Crippen molar-refractivity contribution >= 4 is 45.1 Å². The van der Waals surface area contributed by atoms with E-state index in [9.17, 15) is 4.79 Å². The molecule has 1 aromatic rings. The van der Waals surface area contributed by atoms with E-state index in [4.69, 9.17) is 11.6 Å². The van der Waals surface area contributed by atoms with E-state index in [1.54, 1.807) is 11.8 Å². The number of carbonyl (C=O) groups is 1. The molecule has 0 unspecified atom stereocenters. The van der Waals surface area contributed by atoms with E-state index in [0.717, 1.165) is 10.0 Å². The molecule has 0 aliphatic heterocycles. The molecule has 1 aromatic carbocycles. The van der Waals surface area contributed by atoms with Crippen molar-refractivity contribution in [2.24, 2.45) is 0 Å². The topological polar surface area (TPSA) is 17.1 Å². The first-order chi connectivity index (χ1) is 7.78. The van der Waals surface area contributed by atoms with Crippen LogP contribution in [0.2, 0.25) is 5.02 Å². The predicted octanol–water partition coefficient (Wildman–Crippen LogP) is 4.75. The van der Waals surface area contributed by atoms with Crippen molar-refractivity contribution in [3.63, 3.8) is 0 Å². The summed E-state index contributed by atoms with van der Waals surface area (Å²) in [5.41, 5.74) is 0.898. The largest absolute Gasteiger partial charge is 0.298 e. The molecule has 0 saturated carbocycles. The van der Waals surface area contributed by atoms with Crippen LogP contribution in [0.15, 0.2) is 22.7 Å². The van der Waals surface area contributed by atoms with E-state index in [-0.39, 0.29) is 10.5 Å². The Kier molecular flexibility index (Phi) is 5.55. The van der Waals surface area contributed by atoms with Crippen LogP contribution >= 0.6 is 39.3 Å². The molecule has 1 rings (SSSR count). The second kappa shape index (κ2) is 6.26. The van der Waals surface area contributed by atoms with E-state index >= 15 is 0 Å². The highest BCUT2D eigenvalue weighted by Gasteiger charge is 2.14. The Bertz CT molecular complexity index is 412. The Morgan fingerprint density at radius 3 is 2.59 bits per heavy atom. The molecule has 17 heavy (non-hydrogen) atoms. The molecule has 4 heteroatoms. The van der Waals surface area contributed by atoms with Crippen LogP contribution in [0.3, 0.4) is 0 Å². The second-order valence-electron chi connectivity index (χ2n) is 4.85. The first-order valence-corrected chi connectivity index (χ1v) is 7.53. The van der Waals surface area contributed by atoms with E-state index in [0.29, 0.717) is 17.2 Å². The summed E-state index contributed by atoms with van der Waals surface area (Å²) in [5, 5.41) is 0.647. The zero-order valence-electron chi connectivity index (χ0n) is 10.2. The van der Waals surface area contributed by atoms with Gasteiger partial charge >= 0.3 is 0 Å². The van der Waals surface area contributed by atoms with E-state index in [1.807, 2.05) is 18.2 Å². The van der Waals surface area contributed by atoms with Crippen LogP contribution in [0, 0.1) is 0 Å². The molecule has 0 bridgehead atoms. The average molecular weight is 336 g/mol. The molecule has 0 aliphatic carbocycles. The number of halogens is 2. The van der Waals surface area contributed by atoms with E-state index in [2.05, 4.69) is 36.7 Å². The van der Waals surface area contributed by atoms with Gasteiger partial charge in [0.25, 0.3) is 0 Å². The summed E-state index contributed by atoms with van der Waals surface area (Å²) in [4.78, 5) is 11.8. The standard InChI is InChI=1S/C13H16BrClOS/c1-13(2,3)17-8-11(16)6-9-4-5-10(14)7-12(9)15/h4-5,7H,6,8H2,1-3H3. The van der Waals surface area contributed by atoms with Gasteiger partial charge in [0, 0.05) is 20.7 Å². The quantitative estimate of drug-likeness (QED) is 0.790. The average Bonchev–Trinajstić information content (AvgIpc) is 2.18. The van der Waals surface area contributed by atoms with Gasteiger partial charge in [-0.25, -0.2) is 0 Å². The lowest BCUT2D eigenvalue weighted by Gasteiger charge is -2.16. The monoisotopic (exact) mass is 334 g/mol. The van der Waals surface area contributed by atoms with Crippen molar-refractivity contribution in [2.75, 3.05) is 5.75 Å². The molecule has 0 N–H and O–H groups in total. The third-order valence-corrected chi connectivity index (χ3v) is 4.25. The summed E-state index contributed by atoms with van der Waals surface area (Å²) >= 11 is 11.1. The number of benzene rings is 1. The van der Waals surface area contributed by atoms with Crippen molar-refractivity contribution < 1.29 is 4.79 Å². The Hall–Kier alpha value is 0.01000. The molecule has 94 valence electrons. The summed E-state index contributed by atoms with van der Waals surface area (Å²) in [5.74, 6) is 0.754. The lowest BCUT2D eigenvalue weighted by molar-refractivity contribution is -0.116. The normalized spacial score (nSPS) is 11.6. The highest BCUT2D eigenvalue weighted by atomic mass is 79.9. The maximum Gasteiger partial charge on any atom is 0.147 e. The van der Waals surface area contributed by atoms with Gasteiger partial charge in [-0.15, -0.1) is 11.8 Å². The smallest absolute Gasteiger partial charge is 0.147 e. The third-order valence-electron chi connectivity index (χ3n) is 2.07. The number of hydrogen-bond acceptors (Lipinski definition) is 2. The lowest BCUT2D eigenvalue weighted by Crippen LogP contribution is -2.14. The maximum absolute atomic E-state index is 11.8. The molecule has 1 nitrogen and oxygen atoms in total. The molecule has 0 amide bonds. The highest BCUT2D eigenvalue weighted by Crippen LogP contribution is 2.25. The van der Waals surface area contributed by atoms with Gasteiger partial charge < -0.3 is 0 Å². The molecular weight excluding hydrogens is 320 g/mol. The number of rotatable bonds is 4. The molecule has 0 saturated heterocycles. The Morgan fingerprint density at radius 2 is 2.06 bits per heavy atom. The molecule has 0 spiro atoms. The van der Waals surface area contributed by atoms with Crippen molar-refractivity contribution in [3.8, 4) is 0 Å². The fourth-order valence-electron chi connectivity index (χ4n) is 1.23. The van der Waals surface area contributed by atoms with Gasteiger partial charge in [-0.2, -0.15) is 0 Å². The Balaban J connectivity index is 2.57. The predicted molar refractivity (Wildman–Crippen MR) is 80.1 cm³/mol. The van der Waals surface area contributed by atoms with Crippen LogP contribution in [0.25, 0.3) is 0 Å². The molecule has 0 aromatic heterocycles. The van der Waals surface area contributed by atoms with Gasteiger partial charge in [0.15, 0.2) is 0 Å². The minimum absolute atomic E-state index is 0.124. The fourth-order valence-corrected chi connectivity index (χ4v) is 2.66. The molecule has 0 radical (unpaired) electrons. The maximum atomic E-state index is 11.8. The number of thioether (sulfide) groups is 1. The summed E-state index contributed by atoms with van der Waals surface area (Å²) in [6, 6.07) is 5.62. The highest BCUT2D eigenvalue weighted by molar-refractivity contribution is 9.10. The number of ketones is 1. The lowest BCUT2D eigenvalue weighted by atomic mass is 10.1. The van der Waals surface area contributed by atoms with Crippen LogP contribution in [-0.4, -0.2) is 16.3 Å². The summed E-state index contributed by atoms with van der Waals surface area (Å²) < 4.78 is 1.06. The second-order valence-corrected chi connectivity index (χ2v) is 7.98. The Morgan fingerprint density at radius 1 is 1.41 bits per heavy atom. The van der Waals surface area contributed by atoms with Gasteiger partial charge in [0.2, 0.25) is 0 Å². The van der Waals surface area contributed by atoms with Gasteiger partial charge in [-0.05, 0) is 17.7 Å². The Labute approximate surface area is 120 Å². The van der Waals surface area contributed by atoms with Gasteiger partial charge in [0.05, 0.1) is 5.75 Å². The summed E-state index contributed by atoms with van der Waals surface area (Å²) in [7, 11) is 0. The molecule has 0 fully saturated rings. The minimum atomic E-state index is 0.124. The van der Waals surface area contributed by atoms with Gasteiger partial charge in [-0.3, -0.25) is 4.79 Å². The van der Waals surface area contributed by atoms with E-state index < -0.39 is 0 Å². The van der Waals surface area contributed by atoms with Crippen LogP contribution in [-0.2, 0) is 11.2 Å². The molecular formula is C13H16BrClOS. The van der Waals surface area contributed by atoms with Crippen molar-refractivity contribution in [1.29, 1.82) is 0 Å².